The lowest BCUT2D eigenvalue weighted by Crippen LogP contribution is -2.52. The average molecular weight is 561 g/mol. The molecule has 1 saturated carbocycles. The summed E-state index contributed by atoms with van der Waals surface area (Å²) >= 11 is 0. The molecule has 32 heavy (non-hydrogen) atoms. The fourth-order valence-corrected chi connectivity index (χ4v) is 3.94. The van der Waals surface area contributed by atoms with E-state index in [1.165, 1.54) is 12.8 Å². The number of hydrogen-bond acceptors (Lipinski definition) is 4. The molecular weight excluding hydrogens is 519 g/mol. The summed E-state index contributed by atoms with van der Waals surface area (Å²) in [5, 5.41) is 3.44. The van der Waals surface area contributed by atoms with Crippen LogP contribution in [0, 0.1) is 5.92 Å². The van der Waals surface area contributed by atoms with Gasteiger partial charge in [0.05, 0.1) is 6.33 Å². The van der Waals surface area contributed by atoms with Crippen LogP contribution in [-0.2, 0) is 11.3 Å². The Hall–Kier alpha value is -1.52. The average Bonchev–Trinajstić information content (AvgIpc) is 3.39. The number of ether oxygens (including phenoxy) is 1. The van der Waals surface area contributed by atoms with Crippen molar-refractivity contribution in [3.63, 3.8) is 0 Å². The number of carbonyl (C=O) groups is 1. The standard InChI is InChI=1S/C23H40N6O2.HI/c1-5-25-21(26-11-6-13-27-16-12-24-18-27)28-14-9-20(10-15-28)29(17-19-7-8-19)22(30)31-23(2,3)4;/h12,16,18-20H,5-11,13-15,17H2,1-4H3,(H,25,26);1H. The van der Waals surface area contributed by atoms with E-state index in [2.05, 4.69) is 26.7 Å². The number of piperidine rings is 1. The van der Waals surface area contributed by atoms with Gasteiger partial charge in [0.2, 0.25) is 0 Å². The van der Waals surface area contributed by atoms with Gasteiger partial charge in [-0.1, -0.05) is 0 Å². The van der Waals surface area contributed by atoms with Gasteiger partial charge in [-0.15, -0.1) is 24.0 Å². The van der Waals surface area contributed by atoms with Crippen LogP contribution in [0.3, 0.4) is 0 Å². The summed E-state index contributed by atoms with van der Waals surface area (Å²) in [4.78, 5) is 26.1. The SMILES string of the molecule is CCNC(=NCCCn1ccnc1)N1CCC(N(CC2CC2)C(=O)OC(C)(C)C)CC1.I. The Labute approximate surface area is 210 Å². The molecule has 1 aliphatic heterocycles. The molecule has 0 radical (unpaired) electrons. The number of aryl methyl sites for hydroxylation is 1. The smallest absolute Gasteiger partial charge is 0.410 e. The quantitative estimate of drug-likeness (QED) is 0.226. The Morgan fingerprint density at radius 3 is 2.53 bits per heavy atom. The van der Waals surface area contributed by atoms with Crippen LogP contribution in [0.1, 0.15) is 59.8 Å². The van der Waals surface area contributed by atoms with Crippen LogP contribution in [0.15, 0.2) is 23.7 Å². The van der Waals surface area contributed by atoms with Crippen molar-refractivity contribution in [3.8, 4) is 0 Å². The van der Waals surface area contributed by atoms with E-state index in [9.17, 15) is 4.79 Å². The van der Waals surface area contributed by atoms with Crippen LogP contribution in [0.5, 0.6) is 0 Å². The number of hydrogen-bond donors (Lipinski definition) is 1. The largest absolute Gasteiger partial charge is 0.444 e. The number of nitrogens with one attached hydrogen (secondary N) is 1. The van der Waals surface area contributed by atoms with Gasteiger partial charge in [-0.25, -0.2) is 9.78 Å². The first-order valence-electron chi connectivity index (χ1n) is 11.8. The topological polar surface area (TPSA) is 75.0 Å². The van der Waals surface area contributed by atoms with Crippen molar-refractivity contribution in [3.05, 3.63) is 18.7 Å². The lowest BCUT2D eigenvalue weighted by Gasteiger charge is -2.40. The van der Waals surface area contributed by atoms with Gasteiger partial charge in [-0.3, -0.25) is 4.99 Å². The number of aromatic nitrogens is 2. The van der Waals surface area contributed by atoms with E-state index in [1.807, 2.05) is 38.2 Å². The van der Waals surface area contributed by atoms with Gasteiger partial charge in [0.25, 0.3) is 0 Å². The minimum Gasteiger partial charge on any atom is -0.444 e. The van der Waals surface area contributed by atoms with Gasteiger partial charge in [-0.2, -0.15) is 0 Å². The molecule has 0 atom stereocenters. The fourth-order valence-electron chi connectivity index (χ4n) is 3.94. The van der Waals surface area contributed by atoms with Gasteiger partial charge >= 0.3 is 6.09 Å². The normalized spacial score (nSPS) is 17.6. The fraction of sp³-hybridized carbons (Fsp3) is 0.783. The molecule has 1 aromatic heterocycles. The van der Waals surface area contributed by atoms with Crippen molar-refractivity contribution in [2.75, 3.05) is 32.7 Å². The van der Waals surface area contributed by atoms with E-state index in [4.69, 9.17) is 9.73 Å². The van der Waals surface area contributed by atoms with Gasteiger partial charge < -0.3 is 24.4 Å². The molecule has 0 spiro atoms. The van der Waals surface area contributed by atoms with E-state index < -0.39 is 5.60 Å². The number of halogens is 1. The number of imidazole rings is 1. The van der Waals surface area contributed by atoms with Crippen molar-refractivity contribution in [2.24, 2.45) is 10.9 Å². The van der Waals surface area contributed by atoms with Crippen LogP contribution < -0.4 is 5.32 Å². The highest BCUT2D eigenvalue weighted by atomic mass is 127. The maximum absolute atomic E-state index is 12.9. The Morgan fingerprint density at radius 1 is 1.25 bits per heavy atom. The van der Waals surface area contributed by atoms with Crippen LogP contribution >= 0.6 is 24.0 Å². The number of carbonyl (C=O) groups excluding carboxylic acids is 1. The molecule has 1 aromatic rings. The highest BCUT2D eigenvalue weighted by Crippen LogP contribution is 2.32. The summed E-state index contributed by atoms with van der Waals surface area (Å²) in [6.45, 7) is 13.1. The molecule has 1 saturated heterocycles. The summed E-state index contributed by atoms with van der Waals surface area (Å²) in [6, 6.07) is 0.246. The monoisotopic (exact) mass is 560 g/mol. The molecule has 1 amide bonds. The maximum Gasteiger partial charge on any atom is 0.410 e. The number of amides is 1. The highest BCUT2D eigenvalue weighted by Gasteiger charge is 2.35. The number of guanidine groups is 1. The Bertz CT molecular complexity index is 707. The number of aliphatic imine (C=N–C) groups is 1. The van der Waals surface area contributed by atoms with Crippen LogP contribution in [-0.4, -0.2) is 75.8 Å². The second-order valence-corrected chi connectivity index (χ2v) is 9.68. The molecule has 2 heterocycles. The molecule has 3 rings (SSSR count). The zero-order chi connectivity index (χ0) is 22.3. The van der Waals surface area contributed by atoms with Crippen LogP contribution in [0.25, 0.3) is 0 Å². The van der Waals surface area contributed by atoms with Crippen LogP contribution in [0.4, 0.5) is 4.79 Å². The van der Waals surface area contributed by atoms with E-state index in [0.717, 1.165) is 64.5 Å². The molecule has 2 fully saturated rings. The third kappa shape index (κ3) is 8.78. The molecule has 182 valence electrons. The minimum atomic E-state index is -0.457. The van der Waals surface area contributed by atoms with Gasteiger partial charge in [0.1, 0.15) is 5.60 Å². The first-order chi connectivity index (χ1) is 14.9. The molecule has 8 nitrogen and oxygen atoms in total. The molecular formula is C23H41IN6O2. The summed E-state index contributed by atoms with van der Waals surface area (Å²) in [5.74, 6) is 1.64. The predicted octanol–water partition coefficient (Wildman–Crippen LogP) is 3.97. The summed E-state index contributed by atoms with van der Waals surface area (Å²) < 4.78 is 7.80. The van der Waals surface area contributed by atoms with E-state index in [-0.39, 0.29) is 36.1 Å². The first kappa shape index (κ1) is 26.7. The van der Waals surface area contributed by atoms with Crippen molar-refractivity contribution in [1.29, 1.82) is 0 Å². The highest BCUT2D eigenvalue weighted by molar-refractivity contribution is 14.0. The number of likely N-dealkylation sites (tertiary alicyclic amines) is 1. The minimum absolute atomic E-state index is 0. The Balaban J connectivity index is 0.00000363. The van der Waals surface area contributed by atoms with Crippen molar-refractivity contribution in [2.45, 2.75) is 78.0 Å². The van der Waals surface area contributed by atoms with Crippen molar-refractivity contribution in [1.82, 2.24) is 24.7 Å². The zero-order valence-corrected chi connectivity index (χ0v) is 22.5. The summed E-state index contributed by atoms with van der Waals surface area (Å²) in [5.41, 5.74) is -0.457. The van der Waals surface area contributed by atoms with E-state index in [1.54, 1.807) is 6.20 Å². The molecule has 9 heteroatoms. The molecule has 0 aromatic carbocycles. The lowest BCUT2D eigenvalue weighted by molar-refractivity contribution is 0.00928. The summed E-state index contributed by atoms with van der Waals surface area (Å²) in [6.07, 6.45) is 10.8. The third-order valence-electron chi connectivity index (χ3n) is 5.71. The van der Waals surface area contributed by atoms with Gasteiger partial charge in [0.15, 0.2) is 5.96 Å². The third-order valence-corrected chi connectivity index (χ3v) is 5.71. The number of rotatable bonds is 8. The second kappa shape index (κ2) is 12.6. The summed E-state index contributed by atoms with van der Waals surface area (Å²) in [7, 11) is 0. The molecule has 0 unspecified atom stereocenters. The van der Waals surface area contributed by atoms with Gasteiger partial charge in [0, 0.05) is 57.7 Å². The Morgan fingerprint density at radius 2 is 1.97 bits per heavy atom. The van der Waals surface area contributed by atoms with Gasteiger partial charge in [-0.05, 0) is 65.7 Å². The Kier molecular flexibility index (Phi) is 10.6. The van der Waals surface area contributed by atoms with E-state index in [0.29, 0.717) is 5.92 Å². The molecule has 0 bridgehead atoms. The van der Waals surface area contributed by atoms with Crippen molar-refractivity contribution >= 4 is 36.0 Å². The molecule has 1 N–H and O–H groups in total. The van der Waals surface area contributed by atoms with Crippen LogP contribution in [0.2, 0.25) is 0 Å². The second-order valence-electron chi connectivity index (χ2n) is 9.68. The number of nitrogens with zero attached hydrogens (tertiary/aromatic N) is 5. The van der Waals surface area contributed by atoms with Crippen molar-refractivity contribution < 1.29 is 9.53 Å². The lowest BCUT2D eigenvalue weighted by atomic mass is 10.0. The zero-order valence-electron chi connectivity index (χ0n) is 20.1. The first-order valence-corrected chi connectivity index (χ1v) is 11.8. The molecule has 1 aliphatic carbocycles. The predicted molar refractivity (Wildman–Crippen MR) is 138 cm³/mol. The van der Waals surface area contributed by atoms with E-state index >= 15 is 0 Å². The molecule has 2 aliphatic rings. The maximum atomic E-state index is 12.9.